The maximum atomic E-state index is 12.4. The molecule has 1 aromatic carbocycles. The number of nitrogens with two attached hydrogens (primary N) is 1. The standard InChI is InChI=1S/C20H27N3O7/c1-3-29-16(25)11-7-10-15(18(21)26)22-19(27)17(13(2)24)23-20(28)30-12-14-8-5-4-6-9-14/h4-9,11,13,15,17,24H,3,10,12H2,1-2H3,(H2,21,26)(H,22,27)(H,23,28)/b11-7+/t13-,15-,17+/m1/s1. The molecule has 0 saturated heterocycles. The number of aliphatic hydroxyl groups excluding tert-OH is 1. The van der Waals surface area contributed by atoms with E-state index in [0.29, 0.717) is 0 Å². The Morgan fingerprint density at radius 1 is 1.13 bits per heavy atom. The molecule has 10 nitrogen and oxygen atoms in total. The van der Waals surface area contributed by atoms with Crippen LogP contribution in [0.15, 0.2) is 42.5 Å². The smallest absolute Gasteiger partial charge is 0.408 e. The van der Waals surface area contributed by atoms with E-state index in [2.05, 4.69) is 10.6 Å². The first-order valence-electron chi connectivity index (χ1n) is 9.32. The molecule has 0 heterocycles. The van der Waals surface area contributed by atoms with E-state index in [1.54, 1.807) is 31.2 Å². The second-order valence-corrected chi connectivity index (χ2v) is 6.28. The lowest BCUT2D eigenvalue weighted by Gasteiger charge is -2.23. The zero-order valence-corrected chi connectivity index (χ0v) is 16.9. The Morgan fingerprint density at radius 2 is 1.80 bits per heavy atom. The van der Waals surface area contributed by atoms with Crippen molar-refractivity contribution in [2.45, 2.75) is 45.1 Å². The van der Waals surface area contributed by atoms with E-state index in [-0.39, 0.29) is 19.6 Å². The van der Waals surface area contributed by atoms with Crippen LogP contribution in [0.25, 0.3) is 0 Å². The van der Waals surface area contributed by atoms with E-state index >= 15 is 0 Å². The van der Waals surface area contributed by atoms with Gasteiger partial charge in [-0.15, -0.1) is 0 Å². The van der Waals surface area contributed by atoms with Gasteiger partial charge in [-0.2, -0.15) is 0 Å². The zero-order chi connectivity index (χ0) is 22.5. The van der Waals surface area contributed by atoms with Crippen molar-refractivity contribution in [3.8, 4) is 0 Å². The number of hydrogen-bond acceptors (Lipinski definition) is 7. The molecule has 1 aromatic rings. The SMILES string of the molecule is CCOC(=O)/C=C/C[C@@H](NC(=O)[C@@H](NC(=O)OCc1ccccc1)[C@@H](C)O)C(N)=O. The van der Waals surface area contributed by atoms with Crippen molar-refractivity contribution in [1.82, 2.24) is 10.6 Å². The highest BCUT2D eigenvalue weighted by atomic mass is 16.5. The van der Waals surface area contributed by atoms with Crippen LogP contribution in [0.5, 0.6) is 0 Å². The van der Waals surface area contributed by atoms with Crippen LogP contribution >= 0.6 is 0 Å². The predicted molar refractivity (Wildman–Crippen MR) is 107 cm³/mol. The van der Waals surface area contributed by atoms with Crippen LogP contribution in [-0.2, 0) is 30.5 Å². The molecule has 0 unspecified atom stereocenters. The van der Waals surface area contributed by atoms with Crippen molar-refractivity contribution in [2.75, 3.05) is 6.61 Å². The number of hydrogen-bond donors (Lipinski definition) is 4. The van der Waals surface area contributed by atoms with Crippen LogP contribution in [0.1, 0.15) is 25.8 Å². The number of amides is 3. The fourth-order valence-corrected chi connectivity index (χ4v) is 2.30. The number of aliphatic hydroxyl groups is 1. The summed E-state index contributed by atoms with van der Waals surface area (Å²) in [5.74, 6) is -2.29. The molecule has 0 radical (unpaired) electrons. The molecule has 30 heavy (non-hydrogen) atoms. The second kappa shape index (κ2) is 12.9. The molecule has 1 rings (SSSR count). The highest BCUT2D eigenvalue weighted by molar-refractivity contribution is 5.91. The molecule has 0 fully saturated rings. The van der Waals surface area contributed by atoms with Gasteiger partial charge in [0.05, 0.1) is 12.7 Å². The fraction of sp³-hybridized carbons (Fsp3) is 0.400. The van der Waals surface area contributed by atoms with Crippen molar-refractivity contribution >= 4 is 23.9 Å². The molecule has 0 aliphatic carbocycles. The van der Waals surface area contributed by atoms with Crippen molar-refractivity contribution in [1.29, 1.82) is 0 Å². The summed E-state index contributed by atoms with van der Waals surface area (Å²) in [6.45, 7) is 3.11. The number of rotatable bonds is 11. The summed E-state index contributed by atoms with van der Waals surface area (Å²) in [7, 11) is 0. The molecule has 10 heteroatoms. The Kier molecular flexibility index (Phi) is 10.6. The minimum Gasteiger partial charge on any atom is -0.463 e. The van der Waals surface area contributed by atoms with Gasteiger partial charge in [-0.1, -0.05) is 36.4 Å². The van der Waals surface area contributed by atoms with Crippen LogP contribution in [0.4, 0.5) is 4.79 Å². The fourth-order valence-electron chi connectivity index (χ4n) is 2.30. The average molecular weight is 421 g/mol. The van der Waals surface area contributed by atoms with Crippen molar-refractivity contribution in [2.24, 2.45) is 5.73 Å². The van der Waals surface area contributed by atoms with Gasteiger partial charge < -0.3 is 30.9 Å². The highest BCUT2D eigenvalue weighted by Crippen LogP contribution is 2.03. The molecule has 0 spiro atoms. The Bertz CT molecular complexity index is 750. The Hall–Kier alpha value is -3.40. The van der Waals surface area contributed by atoms with Gasteiger partial charge in [0.1, 0.15) is 18.7 Å². The number of benzene rings is 1. The van der Waals surface area contributed by atoms with Crippen molar-refractivity contribution in [3.05, 3.63) is 48.0 Å². The number of primary amides is 1. The summed E-state index contributed by atoms with van der Waals surface area (Å²) in [4.78, 5) is 47.3. The normalized spacial score (nSPS) is 13.7. The van der Waals surface area contributed by atoms with E-state index in [4.69, 9.17) is 15.2 Å². The lowest BCUT2D eigenvalue weighted by molar-refractivity contribution is -0.137. The number of alkyl carbamates (subject to hydrolysis) is 1. The Morgan fingerprint density at radius 3 is 2.37 bits per heavy atom. The molecule has 3 amide bonds. The summed E-state index contributed by atoms with van der Waals surface area (Å²) in [6, 6.07) is 6.34. The van der Waals surface area contributed by atoms with Gasteiger partial charge >= 0.3 is 12.1 Å². The highest BCUT2D eigenvalue weighted by Gasteiger charge is 2.29. The van der Waals surface area contributed by atoms with E-state index < -0.39 is 42.1 Å². The molecule has 0 bridgehead atoms. The van der Waals surface area contributed by atoms with E-state index in [1.807, 2.05) is 6.07 Å². The largest absolute Gasteiger partial charge is 0.463 e. The summed E-state index contributed by atoms with van der Waals surface area (Å²) >= 11 is 0. The summed E-state index contributed by atoms with van der Waals surface area (Å²) < 4.78 is 9.74. The third kappa shape index (κ3) is 9.20. The van der Waals surface area contributed by atoms with Crippen molar-refractivity contribution in [3.63, 3.8) is 0 Å². The monoisotopic (exact) mass is 421 g/mol. The Balaban J connectivity index is 2.65. The first kappa shape index (κ1) is 24.6. The first-order valence-corrected chi connectivity index (χ1v) is 9.32. The van der Waals surface area contributed by atoms with Gasteiger partial charge in [-0.3, -0.25) is 9.59 Å². The average Bonchev–Trinajstić information content (AvgIpc) is 2.70. The summed E-state index contributed by atoms with van der Waals surface area (Å²) in [5.41, 5.74) is 6.02. The molecular formula is C20H27N3O7. The molecule has 0 saturated carbocycles. The van der Waals surface area contributed by atoms with Crippen molar-refractivity contribution < 1.29 is 33.8 Å². The van der Waals surface area contributed by atoms with Gasteiger partial charge in [-0.05, 0) is 25.8 Å². The molecule has 0 aromatic heterocycles. The second-order valence-electron chi connectivity index (χ2n) is 6.28. The minimum atomic E-state index is -1.39. The summed E-state index contributed by atoms with van der Waals surface area (Å²) in [6.07, 6.45) is 0.157. The molecule has 3 atom stereocenters. The maximum Gasteiger partial charge on any atom is 0.408 e. The third-order valence-electron chi connectivity index (χ3n) is 3.82. The first-order chi connectivity index (χ1) is 14.2. The van der Waals surface area contributed by atoms with Crippen LogP contribution in [0.2, 0.25) is 0 Å². The van der Waals surface area contributed by atoms with Crippen LogP contribution in [0.3, 0.4) is 0 Å². The van der Waals surface area contributed by atoms with Crippen LogP contribution < -0.4 is 16.4 Å². The van der Waals surface area contributed by atoms with E-state index in [9.17, 15) is 24.3 Å². The number of esters is 1. The number of ether oxygens (including phenoxy) is 2. The molecule has 0 aliphatic rings. The molecule has 5 N–H and O–H groups in total. The van der Waals surface area contributed by atoms with Crippen LogP contribution in [-0.4, -0.2) is 53.8 Å². The Labute approximate surface area is 174 Å². The van der Waals surface area contributed by atoms with Gasteiger partial charge in [0.2, 0.25) is 11.8 Å². The zero-order valence-electron chi connectivity index (χ0n) is 16.9. The van der Waals surface area contributed by atoms with Gasteiger partial charge in [0.25, 0.3) is 0 Å². The quantitative estimate of drug-likeness (QED) is 0.292. The minimum absolute atomic E-state index is 0.0244. The number of nitrogens with one attached hydrogen (secondary N) is 2. The maximum absolute atomic E-state index is 12.4. The topological polar surface area (TPSA) is 157 Å². The molecular weight excluding hydrogens is 394 g/mol. The van der Waals surface area contributed by atoms with Gasteiger partial charge in [0, 0.05) is 6.08 Å². The summed E-state index contributed by atoms with van der Waals surface area (Å²) in [5, 5.41) is 14.4. The lowest BCUT2D eigenvalue weighted by atomic mass is 10.1. The number of carbonyl (C=O) groups excluding carboxylic acids is 4. The molecule has 164 valence electrons. The molecule has 0 aliphatic heterocycles. The van der Waals surface area contributed by atoms with Gasteiger partial charge in [-0.25, -0.2) is 9.59 Å². The van der Waals surface area contributed by atoms with Crippen LogP contribution in [0, 0.1) is 0 Å². The van der Waals surface area contributed by atoms with E-state index in [1.165, 1.54) is 13.0 Å². The van der Waals surface area contributed by atoms with E-state index in [0.717, 1.165) is 11.6 Å². The number of carbonyl (C=O) groups is 4. The predicted octanol–water partition coefficient (Wildman–Crippen LogP) is 0.142. The van der Waals surface area contributed by atoms with Gasteiger partial charge in [0.15, 0.2) is 0 Å². The third-order valence-corrected chi connectivity index (χ3v) is 3.82. The lowest BCUT2D eigenvalue weighted by Crippen LogP contribution is -2.56.